The van der Waals surface area contributed by atoms with E-state index < -0.39 is 5.91 Å². The number of nitrogens with zero attached hydrogens (tertiary/aromatic N) is 1. The lowest BCUT2D eigenvalue weighted by molar-refractivity contribution is 0.0954. The van der Waals surface area contributed by atoms with E-state index in [1.54, 1.807) is 30.3 Å². The van der Waals surface area contributed by atoms with Crippen molar-refractivity contribution in [3.05, 3.63) is 82.4 Å². The first kappa shape index (κ1) is 24.9. The van der Waals surface area contributed by atoms with Crippen LogP contribution in [0.2, 0.25) is 5.02 Å². The molecule has 8 heteroatoms. The van der Waals surface area contributed by atoms with Crippen molar-refractivity contribution in [2.45, 2.75) is 20.5 Å². The van der Waals surface area contributed by atoms with Gasteiger partial charge in [0.25, 0.3) is 5.91 Å². The molecule has 1 amide bonds. The summed E-state index contributed by atoms with van der Waals surface area (Å²) in [6.07, 6.45) is 1.48. The second kappa shape index (κ2) is 12.5. The number of carbonyl (C=O) groups excluding carboxylic acids is 1. The first-order valence-electron chi connectivity index (χ1n) is 10.8. The second-order valence-corrected chi connectivity index (χ2v) is 7.44. The maximum absolute atomic E-state index is 12.6. The molecule has 0 bridgehead atoms. The van der Waals surface area contributed by atoms with Crippen LogP contribution in [0.4, 0.5) is 0 Å². The summed E-state index contributed by atoms with van der Waals surface area (Å²) in [5.74, 6) is 1.59. The fourth-order valence-electron chi connectivity index (χ4n) is 3.13. The van der Waals surface area contributed by atoms with Gasteiger partial charge in [-0.15, -0.1) is 0 Å². The normalized spacial score (nSPS) is 10.7. The third kappa shape index (κ3) is 6.65. The van der Waals surface area contributed by atoms with Gasteiger partial charge in [-0.3, -0.25) is 4.79 Å². The molecule has 3 rings (SSSR count). The molecule has 34 heavy (non-hydrogen) atoms. The largest absolute Gasteiger partial charge is 0.491 e. The second-order valence-electron chi connectivity index (χ2n) is 7.04. The molecule has 0 saturated heterocycles. The molecule has 0 atom stereocenters. The summed E-state index contributed by atoms with van der Waals surface area (Å²) < 4.78 is 22.4. The van der Waals surface area contributed by atoms with E-state index in [9.17, 15) is 4.79 Å². The van der Waals surface area contributed by atoms with Crippen molar-refractivity contribution in [3.8, 4) is 23.0 Å². The van der Waals surface area contributed by atoms with Gasteiger partial charge >= 0.3 is 0 Å². The molecule has 0 radical (unpaired) electrons. The molecule has 0 aromatic heterocycles. The molecule has 0 heterocycles. The standard InChI is InChI=1S/C26H27ClN2O5/c1-4-32-23-15-20(11-12-22(23)34-17-18-9-7-6-8-10-18)26(30)29-28-16-19-13-21(27)25(31-3)24(14-19)33-5-2/h6-16H,4-5,17H2,1-3H3,(H,29,30)/b28-16+. The molecule has 0 spiro atoms. The van der Waals surface area contributed by atoms with Gasteiger partial charge in [0.15, 0.2) is 23.0 Å². The Bertz CT molecular complexity index is 1140. The number of methoxy groups -OCH3 is 1. The van der Waals surface area contributed by atoms with Crippen molar-refractivity contribution in [3.63, 3.8) is 0 Å². The Morgan fingerprint density at radius 1 is 0.941 bits per heavy atom. The van der Waals surface area contributed by atoms with Crippen LogP contribution < -0.4 is 24.4 Å². The molecule has 0 saturated carbocycles. The molecule has 1 N–H and O–H groups in total. The molecule has 0 unspecified atom stereocenters. The highest BCUT2D eigenvalue weighted by atomic mass is 35.5. The van der Waals surface area contributed by atoms with Crippen LogP contribution in [-0.2, 0) is 6.61 Å². The Labute approximate surface area is 204 Å². The van der Waals surface area contributed by atoms with Gasteiger partial charge in [-0.2, -0.15) is 5.10 Å². The van der Waals surface area contributed by atoms with Gasteiger partial charge in [0.05, 0.1) is 31.6 Å². The van der Waals surface area contributed by atoms with E-state index in [0.29, 0.717) is 59.0 Å². The lowest BCUT2D eigenvalue weighted by Gasteiger charge is -2.13. The summed E-state index contributed by atoms with van der Waals surface area (Å²) in [4.78, 5) is 12.6. The number of amides is 1. The van der Waals surface area contributed by atoms with Gasteiger partial charge in [-0.25, -0.2) is 5.43 Å². The number of carbonyl (C=O) groups is 1. The van der Waals surface area contributed by atoms with E-state index in [4.69, 9.17) is 30.5 Å². The average Bonchev–Trinajstić information content (AvgIpc) is 2.84. The summed E-state index contributed by atoms with van der Waals surface area (Å²) >= 11 is 6.25. The summed E-state index contributed by atoms with van der Waals surface area (Å²) in [6, 6.07) is 18.2. The number of hydrazone groups is 1. The lowest BCUT2D eigenvalue weighted by Crippen LogP contribution is -2.17. The predicted molar refractivity (Wildman–Crippen MR) is 133 cm³/mol. The molecule has 3 aromatic rings. The summed E-state index contributed by atoms with van der Waals surface area (Å²) in [5, 5.41) is 4.42. The topological polar surface area (TPSA) is 78.4 Å². The number of hydrogen-bond acceptors (Lipinski definition) is 6. The van der Waals surface area contributed by atoms with Gasteiger partial charge in [-0.1, -0.05) is 41.9 Å². The first-order chi connectivity index (χ1) is 16.5. The number of rotatable bonds is 11. The van der Waals surface area contributed by atoms with Gasteiger partial charge in [-0.05, 0) is 55.3 Å². The van der Waals surface area contributed by atoms with E-state index in [-0.39, 0.29) is 0 Å². The van der Waals surface area contributed by atoms with Crippen LogP contribution in [-0.4, -0.2) is 32.4 Å². The molecule has 0 aliphatic rings. The highest BCUT2D eigenvalue weighted by Gasteiger charge is 2.13. The Hall–Kier alpha value is -3.71. The van der Waals surface area contributed by atoms with Crippen LogP contribution in [0.15, 0.2) is 65.8 Å². The first-order valence-corrected chi connectivity index (χ1v) is 11.2. The molecular weight excluding hydrogens is 456 g/mol. The minimum absolute atomic E-state index is 0.383. The zero-order valence-corrected chi connectivity index (χ0v) is 20.1. The van der Waals surface area contributed by atoms with Gasteiger partial charge in [0.1, 0.15) is 6.61 Å². The van der Waals surface area contributed by atoms with Crippen molar-refractivity contribution in [2.75, 3.05) is 20.3 Å². The van der Waals surface area contributed by atoms with Crippen LogP contribution >= 0.6 is 11.6 Å². The van der Waals surface area contributed by atoms with Gasteiger partial charge < -0.3 is 18.9 Å². The third-order valence-corrected chi connectivity index (χ3v) is 4.94. The maximum atomic E-state index is 12.6. The quantitative estimate of drug-likeness (QED) is 0.289. The van der Waals surface area contributed by atoms with Crippen LogP contribution in [0.3, 0.4) is 0 Å². The number of benzene rings is 3. The Kier molecular flexibility index (Phi) is 9.17. The van der Waals surface area contributed by atoms with Crippen LogP contribution in [0.1, 0.15) is 35.3 Å². The van der Waals surface area contributed by atoms with Crippen LogP contribution in [0.5, 0.6) is 23.0 Å². The van der Waals surface area contributed by atoms with Crippen molar-refractivity contribution in [1.29, 1.82) is 0 Å². The third-order valence-electron chi connectivity index (χ3n) is 4.66. The number of nitrogens with one attached hydrogen (secondary N) is 1. The van der Waals surface area contributed by atoms with Crippen molar-refractivity contribution in [2.24, 2.45) is 5.10 Å². The predicted octanol–water partition coefficient (Wildman–Crippen LogP) is 5.49. The minimum atomic E-state index is -0.392. The summed E-state index contributed by atoms with van der Waals surface area (Å²) in [5.41, 5.74) is 4.58. The van der Waals surface area contributed by atoms with E-state index in [1.165, 1.54) is 13.3 Å². The number of halogens is 1. The minimum Gasteiger partial charge on any atom is -0.491 e. The average molecular weight is 483 g/mol. The van der Waals surface area contributed by atoms with E-state index in [1.807, 2.05) is 44.2 Å². The van der Waals surface area contributed by atoms with Crippen molar-refractivity contribution < 1.29 is 23.7 Å². The van der Waals surface area contributed by atoms with E-state index in [2.05, 4.69) is 10.5 Å². The fourth-order valence-corrected chi connectivity index (χ4v) is 3.42. The summed E-state index contributed by atoms with van der Waals surface area (Å²) in [7, 11) is 1.52. The highest BCUT2D eigenvalue weighted by Crippen LogP contribution is 2.36. The Morgan fingerprint density at radius 2 is 1.68 bits per heavy atom. The molecule has 7 nitrogen and oxygen atoms in total. The smallest absolute Gasteiger partial charge is 0.271 e. The molecule has 0 aliphatic carbocycles. The molecule has 0 fully saturated rings. The van der Waals surface area contributed by atoms with E-state index >= 15 is 0 Å². The van der Waals surface area contributed by atoms with Crippen LogP contribution in [0.25, 0.3) is 0 Å². The van der Waals surface area contributed by atoms with Crippen LogP contribution in [0, 0.1) is 0 Å². The molecular formula is C26H27ClN2O5. The fraction of sp³-hybridized carbons (Fsp3) is 0.231. The Balaban J connectivity index is 1.69. The molecule has 0 aliphatic heterocycles. The molecule has 178 valence electrons. The van der Waals surface area contributed by atoms with Gasteiger partial charge in [0.2, 0.25) is 0 Å². The zero-order chi connectivity index (χ0) is 24.3. The number of hydrogen-bond donors (Lipinski definition) is 1. The van der Waals surface area contributed by atoms with Gasteiger partial charge in [0, 0.05) is 5.56 Å². The summed E-state index contributed by atoms with van der Waals surface area (Å²) in [6.45, 7) is 5.02. The Morgan fingerprint density at radius 3 is 2.38 bits per heavy atom. The lowest BCUT2D eigenvalue weighted by atomic mass is 10.2. The maximum Gasteiger partial charge on any atom is 0.271 e. The van der Waals surface area contributed by atoms with Crippen molar-refractivity contribution in [1.82, 2.24) is 5.43 Å². The number of ether oxygens (including phenoxy) is 4. The van der Waals surface area contributed by atoms with Crippen molar-refractivity contribution >= 4 is 23.7 Å². The highest BCUT2D eigenvalue weighted by molar-refractivity contribution is 6.32. The zero-order valence-electron chi connectivity index (χ0n) is 19.3. The SMILES string of the molecule is CCOc1cc(C(=O)N/N=C/c2cc(Cl)c(OC)c(OCC)c2)ccc1OCc1ccccc1. The monoisotopic (exact) mass is 482 g/mol. The van der Waals surface area contributed by atoms with E-state index in [0.717, 1.165) is 5.56 Å². The molecule has 3 aromatic carbocycles.